The summed E-state index contributed by atoms with van der Waals surface area (Å²) < 4.78 is 7.53. The zero-order valence-corrected chi connectivity index (χ0v) is 14.3. The minimum Gasteiger partial charge on any atom is -0.494 e. The van der Waals surface area contributed by atoms with Gasteiger partial charge < -0.3 is 15.4 Å². The minimum atomic E-state index is 0.397. The summed E-state index contributed by atoms with van der Waals surface area (Å²) in [4.78, 5) is 13.5. The van der Waals surface area contributed by atoms with Crippen LogP contribution in [0, 0.1) is 0 Å². The van der Waals surface area contributed by atoms with Crippen molar-refractivity contribution in [1.29, 1.82) is 0 Å². The van der Waals surface area contributed by atoms with E-state index in [1.165, 1.54) is 6.42 Å². The SMILES string of the molecule is CCOc1ccn2c(-c3cncc(NC4CCCNC4)n3)cnc2c1. The molecular formula is C18H22N6O. The number of piperidine rings is 1. The number of rotatable bonds is 5. The van der Waals surface area contributed by atoms with Gasteiger partial charge in [-0.15, -0.1) is 0 Å². The van der Waals surface area contributed by atoms with Crippen LogP contribution in [-0.4, -0.2) is 45.1 Å². The quantitative estimate of drug-likeness (QED) is 0.744. The number of ether oxygens (including phenoxy) is 1. The molecule has 0 aliphatic carbocycles. The van der Waals surface area contributed by atoms with E-state index < -0.39 is 0 Å². The first kappa shape index (κ1) is 15.8. The predicted octanol–water partition coefficient (Wildman–Crippen LogP) is 2.35. The molecule has 0 saturated carbocycles. The van der Waals surface area contributed by atoms with E-state index in [1.54, 1.807) is 12.4 Å². The van der Waals surface area contributed by atoms with Crippen LogP contribution in [0.25, 0.3) is 17.0 Å². The number of anilines is 1. The Morgan fingerprint density at radius 2 is 2.32 bits per heavy atom. The first-order valence-corrected chi connectivity index (χ1v) is 8.73. The molecule has 4 rings (SSSR count). The van der Waals surface area contributed by atoms with Gasteiger partial charge in [-0.3, -0.25) is 9.38 Å². The molecule has 1 fully saturated rings. The largest absolute Gasteiger partial charge is 0.494 e. The van der Waals surface area contributed by atoms with Crippen molar-refractivity contribution in [3.63, 3.8) is 0 Å². The number of imidazole rings is 1. The van der Waals surface area contributed by atoms with Gasteiger partial charge in [0.05, 0.1) is 30.9 Å². The fraction of sp³-hybridized carbons (Fsp3) is 0.389. The highest BCUT2D eigenvalue weighted by Crippen LogP contribution is 2.22. The van der Waals surface area contributed by atoms with Gasteiger partial charge in [-0.2, -0.15) is 0 Å². The molecule has 0 aromatic carbocycles. The van der Waals surface area contributed by atoms with Gasteiger partial charge in [0, 0.05) is 24.8 Å². The highest BCUT2D eigenvalue weighted by Gasteiger charge is 2.14. The van der Waals surface area contributed by atoms with Crippen LogP contribution in [0.2, 0.25) is 0 Å². The Kier molecular flexibility index (Phi) is 4.47. The lowest BCUT2D eigenvalue weighted by Crippen LogP contribution is -2.38. The molecule has 0 bridgehead atoms. The van der Waals surface area contributed by atoms with E-state index >= 15 is 0 Å². The molecule has 130 valence electrons. The zero-order chi connectivity index (χ0) is 17.1. The van der Waals surface area contributed by atoms with Crippen molar-refractivity contribution in [1.82, 2.24) is 24.7 Å². The maximum Gasteiger partial charge on any atom is 0.145 e. The Balaban J connectivity index is 1.61. The number of nitrogens with zero attached hydrogens (tertiary/aromatic N) is 4. The summed E-state index contributed by atoms with van der Waals surface area (Å²) in [6, 6.07) is 4.26. The van der Waals surface area contributed by atoms with Crippen LogP contribution in [-0.2, 0) is 0 Å². The van der Waals surface area contributed by atoms with Crippen molar-refractivity contribution in [3.8, 4) is 17.1 Å². The summed E-state index contributed by atoms with van der Waals surface area (Å²) in [5.41, 5.74) is 2.54. The molecule has 1 aliphatic heterocycles. The van der Waals surface area contributed by atoms with Crippen LogP contribution in [0.4, 0.5) is 5.82 Å². The van der Waals surface area contributed by atoms with Gasteiger partial charge in [-0.05, 0) is 32.4 Å². The fourth-order valence-corrected chi connectivity index (χ4v) is 3.15. The molecule has 25 heavy (non-hydrogen) atoms. The lowest BCUT2D eigenvalue weighted by molar-refractivity contribution is 0.340. The van der Waals surface area contributed by atoms with E-state index in [0.29, 0.717) is 12.6 Å². The highest BCUT2D eigenvalue weighted by atomic mass is 16.5. The zero-order valence-electron chi connectivity index (χ0n) is 14.3. The molecule has 1 aliphatic rings. The maximum absolute atomic E-state index is 5.54. The number of aromatic nitrogens is 4. The number of hydrogen-bond acceptors (Lipinski definition) is 6. The van der Waals surface area contributed by atoms with Crippen molar-refractivity contribution in [3.05, 3.63) is 36.9 Å². The average Bonchev–Trinajstić information content (AvgIpc) is 3.06. The third kappa shape index (κ3) is 3.41. The van der Waals surface area contributed by atoms with Gasteiger partial charge in [0.1, 0.15) is 22.9 Å². The van der Waals surface area contributed by atoms with Crippen LogP contribution in [0.15, 0.2) is 36.9 Å². The maximum atomic E-state index is 5.54. The van der Waals surface area contributed by atoms with E-state index in [1.807, 2.05) is 35.9 Å². The summed E-state index contributed by atoms with van der Waals surface area (Å²) >= 11 is 0. The highest BCUT2D eigenvalue weighted by molar-refractivity contribution is 5.61. The second kappa shape index (κ2) is 7.06. The molecule has 1 atom stereocenters. The van der Waals surface area contributed by atoms with Crippen LogP contribution in [0.1, 0.15) is 19.8 Å². The molecule has 4 heterocycles. The van der Waals surface area contributed by atoms with E-state index in [9.17, 15) is 0 Å². The molecule has 0 amide bonds. The van der Waals surface area contributed by atoms with Crippen molar-refractivity contribution in [2.24, 2.45) is 0 Å². The molecule has 0 spiro atoms. The number of pyridine rings is 1. The Labute approximate surface area is 146 Å². The minimum absolute atomic E-state index is 0.397. The topological polar surface area (TPSA) is 76.4 Å². The Bertz CT molecular complexity index is 856. The molecule has 1 unspecified atom stereocenters. The lowest BCUT2D eigenvalue weighted by Gasteiger charge is -2.24. The average molecular weight is 338 g/mol. The standard InChI is InChI=1S/C18H22N6O/c1-2-25-14-5-7-24-16(11-21-18(24)8-14)15-10-20-12-17(23-15)22-13-4-3-6-19-9-13/h5,7-8,10-13,19H,2-4,6,9H2,1H3,(H,22,23). The number of hydrogen-bond donors (Lipinski definition) is 2. The summed E-state index contributed by atoms with van der Waals surface area (Å²) in [5, 5.41) is 6.87. The van der Waals surface area contributed by atoms with E-state index in [4.69, 9.17) is 9.72 Å². The Morgan fingerprint density at radius 1 is 1.36 bits per heavy atom. The second-order valence-electron chi connectivity index (χ2n) is 6.14. The van der Waals surface area contributed by atoms with Crippen LogP contribution in [0.5, 0.6) is 5.75 Å². The molecule has 1 saturated heterocycles. The first-order chi connectivity index (χ1) is 12.3. The Hall–Kier alpha value is -2.67. The van der Waals surface area contributed by atoms with Crippen LogP contribution < -0.4 is 15.4 Å². The lowest BCUT2D eigenvalue weighted by atomic mass is 10.1. The molecule has 0 radical (unpaired) electrons. The summed E-state index contributed by atoms with van der Waals surface area (Å²) in [6.07, 6.45) is 9.64. The molecule has 3 aromatic rings. The van der Waals surface area contributed by atoms with E-state index in [-0.39, 0.29) is 0 Å². The van der Waals surface area contributed by atoms with Crippen LogP contribution in [0.3, 0.4) is 0 Å². The van der Waals surface area contributed by atoms with Gasteiger partial charge in [-0.1, -0.05) is 0 Å². The van der Waals surface area contributed by atoms with Gasteiger partial charge in [0.15, 0.2) is 0 Å². The normalized spacial score (nSPS) is 17.6. The number of nitrogens with one attached hydrogen (secondary N) is 2. The molecule has 3 aromatic heterocycles. The third-order valence-corrected chi connectivity index (χ3v) is 4.34. The summed E-state index contributed by atoms with van der Waals surface area (Å²) in [7, 11) is 0. The number of fused-ring (bicyclic) bond motifs is 1. The fourth-order valence-electron chi connectivity index (χ4n) is 3.15. The predicted molar refractivity (Wildman–Crippen MR) is 96.9 cm³/mol. The van der Waals surface area contributed by atoms with Crippen LogP contribution >= 0.6 is 0 Å². The molecular weight excluding hydrogens is 316 g/mol. The molecule has 7 nitrogen and oxygen atoms in total. The Morgan fingerprint density at radius 3 is 3.16 bits per heavy atom. The molecule has 7 heteroatoms. The van der Waals surface area contributed by atoms with Crippen molar-refractivity contribution < 1.29 is 4.74 Å². The van der Waals surface area contributed by atoms with Gasteiger partial charge >= 0.3 is 0 Å². The van der Waals surface area contributed by atoms with Crippen molar-refractivity contribution >= 4 is 11.5 Å². The van der Waals surface area contributed by atoms with Crippen molar-refractivity contribution in [2.45, 2.75) is 25.8 Å². The van der Waals surface area contributed by atoms with Gasteiger partial charge in [-0.25, -0.2) is 9.97 Å². The second-order valence-corrected chi connectivity index (χ2v) is 6.14. The summed E-state index contributed by atoms with van der Waals surface area (Å²) in [6.45, 7) is 4.66. The van der Waals surface area contributed by atoms with Gasteiger partial charge in [0.2, 0.25) is 0 Å². The van der Waals surface area contributed by atoms with E-state index in [2.05, 4.69) is 20.6 Å². The smallest absolute Gasteiger partial charge is 0.145 e. The first-order valence-electron chi connectivity index (χ1n) is 8.73. The van der Waals surface area contributed by atoms with Crippen molar-refractivity contribution in [2.75, 3.05) is 25.0 Å². The third-order valence-electron chi connectivity index (χ3n) is 4.34. The monoisotopic (exact) mass is 338 g/mol. The van der Waals surface area contributed by atoms with Gasteiger partial charge in [0.25, 0.3) is 0 Å². The molecule has 2 N–H and O–H groups in total. The summed E-state index contributed by atoms with van der Waals surface area (Å²) in [5.74, 6) is 1.62. The van der Waals surface area contributed by atoms with E-state index in [0.717, 1.165) is 48.1 Å².